The molecule has 0 aliphatic heterocycles. The number of anilines is 1. The smallest absolute Gasteiger partial charge is 0.185 e. The predicted octanol–water partition coefficient (Wildman–Crippen LogP) is 1.14. The molecule has 0 aromatic heterocycles. The number of hydrogen-bond donors (Lipinski definition) is 4. The number of benzene rings is 1. The predicted molar refractivity (Wildman–Crippen MR) is 69.0 cm³/mol. The van der Waals surface area contributed by atoms with E-state index in [9.17, 15) is 0 Å². The zero-order chi connectivity index (χ0) is 9.68. The molecule has 0 spiro atoms. The highest BCUT2D eigenvalue weighted by molar-refractivity contribution is 5.85. The summed E-state index contributed by atoms with van der Waals surface area (Å²) in [5, 5.41) is 9.68. The van der Waals surface area contributed by atoms with Crippen molar-refractivity contribution in [2.45, 2.75) is 6.42 Å². The summed E-state index contributed by atoms with van der Waals surface area (Å²) in [6, 6.07) is 7.67. The van der Waals surface area contributed by atoms with Crippen molar-refractivity contribution in [3.8, 4) is 0 Å². The average Bonchev–Trinajstić information content (AvgIpc) is 2.08. The summed E-state index contributed by atoms with van der Waals surface area (Å²) in [6.45, 7) is 0.680. The molecule has 0 atom stereocenters. The second-order valence-electron chi connectivity index (χ2n) is 2.83. The monoisotopic (exact) mass is 250 g/mol. The molecule has 15 heavy (non-hydrogen) atoms. The van der Waals surface area contributed by atoms with Crippen LogP contribution in [0.1, 0.15) is 5.56 Å². The van der Waals surface area contributed by atoms with Crippen molar-refractivity contribution in [3.05, 3.63) is 29.8 Å². The molecule has 0 amide bonds. The molecule has 1 aromatic carbocycles. The van der Waals surface area contributed by atoms with Gasteiger partial charge in [0.25, 0.3) is 0 Å². The second-order valence-corrected chi connectivity index (χ2v) is 2.83. The van der Waals surface area contributed by atoms with Gasteiger partial charge in [-0.25, -0.2) is 0 Å². The van der Waals surface area contributed by atoms with Crippen LogP contribution in [-0.4, -0.2) is 12.5 Å². The zero-order valence-electron chi connectivity index (χ0n) is 8.19. The topological polar surface area (TPSA) is 87.9 Å². The van der Waals surface area contributed by atoms with Crippen LogP contribution in [0.4, 0.5) is 5.69 Å². The molecule has 0 radical (unpaired) electrons. The fourth-order valence-electron chi connectivity index (χ4n) is 1.03. The normalized spacial score (nSPS) is 8.27. The summed E-state index contributed by atoms with van der Waals surface area (Å²) in [7, 11) is 0. The van der Waals surface area contributed by atoms with E-state index in [2.05, 4.69) is 5.32 Å². The highest BCUT2D eigenvalue weighted by Gasteiger charge is 1.92. The molecule has 0 unspecified atom stereocenters. The van der Waals surface area contributed by atoms with Gasteiger partial charge in [0, 0.05) is 12.2 Å². The van der Waals surface area contributed by atoms with Gasteiger partial charge in [-0.05, 0) is 24.1 Å². The molecular weight excluding hydrogens is 235 g/mol. The molecule has 6 heteroatoms. The van der Waals surface area contributed by atoms with E-state index in [4.69, 9.17) is 16.9 Å². The van der Waals surface area contributed by atoms with Gasteiger partial charge in [-0.1, -0.05) is 12.1 Å². The first-order chi connectivity index (χ1) is 6.18. The molecule has 0 aliphatic rings. The quantitative estimate of drug-likeness (QED) is 0.369. The molecule has 0 saturated heterocycles. The van der Waals surface area contributed by atoms with Crippen molar-refractivity contribution >= 4 is 36.5 Å². The standard InChI is InChI=1S/C9H14N4.2ClH/c10-8-3-1-7(2-4-8)5-6-13-9(11)12;;/h1-4H,5-6,10H2,(H4,11,12,13);2*1H. The number of nitrogens with two attached hydrogens (primary N) is 2. The average molecular weight is 251 g/mol. The van der Waals surface area contributed by atoms with E-state index in [1.807, 2.05) is 24.3 Å². The number of hydrogen-bond acceptors (Lipinski definition) is 2. The van der Waals surface area contributed by atoms with Crippen molar-refractivity contribution in [2.75, 3.05) is 12.3 Å². The molecular formula is C9H16Cl2N4. The largest absolute Gasteiger partial charge is 0.399 e. The minimum absolute atomic E-state index is 0. The van der Waals surface area contributed by atoms with E-state index in [1.54, 1.807) is 0 Å². The lowest BCUT2D eigenvalue weighted by Gasteiger charge is -2.03. The third-order valence-electron chi connectivity index (χ3n) is 1.71. The summed E-state index contributed by atoms with van der Waals surface area (Å²) in [5.41, 5.74) is 12.6. The number of rotatable bonds is 3. The Labute approximate surface area is 102 Å². The van der Waals surface area contributed by atoms with Crippen LogP contribution in [0, 0.1) is 5.41 Å². The van der Waals surface area contributed by atoms with Crippen LogP contribution in [0.15, 0.2) is 24.3 Å². The Balaban J connectivity index is 0. The van der Waals surface area contributed by atoms with Gasteiger partial charge in [0.2, 0.25) is 0 Å². The molecule has 6 N–H and O–H groups in total. The van der Waals surface area contributed by atoms with Crippen molar-refractivity contribution in [1.82, 2.24) is 5.32 Å². The lowest BCUT2D eigenvalue weighted by atomic mass is 10.1. The fraction of sp³-hybridized carbons (Fsp3) is 0.222. The summed E-state index contributed by atoms with van der Waals surface area (Å²) >= 11 is 0. The van der Waals surface area contributed by atoms with Crippen molar-refractivity contribution < 1.29 is 0 Å². The number of nitrogen functional groups attached to an aromatic ring is 1. The fourth-order valence-corrected chi connectivity index (χ4v) is 1.03. The van der Waals surface area contributed by atoms with Crippen LogP contribution in [0.5, 0.6) is 0 Å². The van der Waals surface area contributed by atoms with Gasteiger partial charge in [0.05, 0.1) is 0 Å². The maximum Gasteiger partial charge on any atom is 0.185 e. The maximum atomic E-state index is 6.94. The highest BCUT2D eigenvalue weighted by Crippen LogP contribution is 2.05. The van der Waals surface area contributed by atoms with Crippen LogP contribution in [0.25, 0.3) is 0 Å². The summed E-state index contributed by atoms with van der Waals surface area (Å²) in [6.07, 6.45) is 0.847. The number of halogens is 2. The molecule has 0 heterocycles. The summed E-state index contributed by atoms with van der Waals surface area (Å²) in [5.74, 6) is 0.00967. The SMILES string of the molecule is Cl.Cl.N=C(N)NCCc1ccc(N)cc1. The lowest BCUT2D eigenvalue weighted by molar-refractivity contribution is 0.854. The molecule has 0 fully saturated rings. The van der Waals surface area contributed by atoms with Gasteiger partial charge >= 0.3 is 0 Å². The molecule has 0 aliphatic carbocycles. The molecule has 4 nitrogen and oxygen atoms in total. The number of nitrogens with one attached hydrogen (secondary N) is 2. The van der Waals surface area contributed by atoms with E-state index >= 15 is 0 Å². The van der Waals surface area contributed by atoms with Crippen LogP contribution >= 0.6 is 24.8 Å². The van der Waals surface area contributed by atoms with Crippen LogP contribution < -0.4 is 16.8 Å². The Bertz CT molecular complexity index is 287. The van der Waals surface area contributed by atoms with Crippen LogP contribution in [0.3, 0.4) is 0 Å². The Morgan fingerprint density at radius 3 is 2.20 bits per heavy atom. The van der Waals surface area contributed by atoms with E-state index in [1.165, 1.54) is 5.56 Å². The molecule has 86 valence electrons. The van der Waals surface area contributed by atoms with Crippen molar-refractivity contribution in [1.29, 1.82) is 5.41 Å². The number of guanidine groups is 1. The van der Waals surface area contributed by atoms with Gasteiger partial charge in [0.15, 0.2) is 5.96 Å². The first-order valence-electron chi connectivity index (χ1n) is 4.11. The van der Waals surface area contributed by atoms with Crippen molar-refractivity contribution in [2.24, 2.45) is 5.73 Å². The van der Waals surface area contributed by atoms with E-state index in [-0.39, 0.29) is 30.8 Å². The van der Waals surface area contributed by atoms with Gasteiger partial charge in [-0.2, -0.15) is 0 Å². The Morgan fingerprint density at radius 1 is 1.20 bits per heavy atom. The molecule has 0 bridgehead atoms. The Morgan fingerprint density at radius 2 is 1.73 bits per heavy atom. The molecule has 0 saturated carbocycles. The van der Waals surface area contributed by atoms with E-state index in [0.29, 0.717) is 6.54 Å². The summed E-state index contributed by atoms with van der Waals surface area (Å²) in [4.78, 5) is 0. The van der Waals surface area contributed by atoms with Gasteiger partial charge in [-0.3, -0.25) is 5.41 Å². The van der Waals surface area contributed by atoms with E-state index < -0.39 is 0 Å². The Hall–Kier alpha value is -1.13. The van der Waals surface area contributed by atoms with Crippen molar-refractivity contribution in [3.63, 3.8) is 0 Å². The van der Waals surface area contributed by atoms with E-state index in [0.717, 1.165) is 12.1 Å². The molecule has 1 rings (SSSR count). The lowest BCUT2D eigenvalue weighted by Crippen LogP contribution is -2.31. The molecule has 1 aromatic rings. The maximum absolute atomic E-state index is 6.94. The first kappa shape index (κ1) is 16.3. The third kappa shape index (κ3) is 6.88. The minimum atomic E-state index is 0. The minimum Gasteiger partial charge on any atom is -0.399 e. The first-order valence-corrected chi connectivity index (χ1v) is 4.11. The Kier molecular flexibility index (Phi) is 8.91. The van der Waals surface area contributed by atoms with Crippen LogP contribution in [0.2, 0.25) is 0 Å². The van der Waals surface area contributed by atoms with Gasteiger partial charge in [0.1, 0.15) is 0 Å². The van der Waals surface area contributed by atoms with Gasteiger partial charge < -0.3 is 16.8 Å². The second kappa shape index (κ2) is 8.20. The third-order valence-corrected chi connectivity index (χ3v) is 1.71. The zero-order valence-corrected chi connectivity index (χ0v) is 9.83. The van der Waals surface area contributed by atoms with Gasteiger partial charge in [-0.15, -0.1) is 24.8 Å². The van der Waals surface area contributed by atoms with Crippen LogP contribution in [-0.2, 0) is 6.42 Å². The highest BCUT2D eigenvalue weighted by atomic mass is 35.5. The summed E-state index contributed by atoms with van der Waals surface area (Å²) < 4.78 is 0.